The predicted molar refractivity (Wildman–Crippen MR) is 73.2 cm³/mol. The number of nitrogens with zero attached hydrogens (tertiary/aromatic N) is 2. The van der Waals surface area contributed by atoms with Gasteiger partial charge in [-0.2, -0.15) is 0 Å². The smallest absolute Gasteiger partial charge is 0.162 e. The summed E-state index contributed by atoms with van der Waals surface area (Å²) < 4.78 is 6.64. The molecule has 1 heterocycles. The van der Waals surface area contributed by atoms with E-state index in [1.165, 1.54) is 0 Å². The van der Waals surface area contributed by atoms with Crippen molar-refractivity contribution < 1.29 is 4.74 Å². The Balaban J connectivity index is 3.21. The highest BCUT2D eigenvalue weighted by molar-refractivity contribution is 14.1. The van der Waals surface area contributed by atoms with Crippen molar-refractivity contribution in [3.8, 4) is 0 Å². The van der Waals surface area contributed by atoms with Crippen LogP contribution in [0.2, 0.25) is 0 Å². The molecular weight excluding hydrogens is 317 g/mol. The SMILES string of the molecule is CCOC(C)(CC)c1nc(C)c(I)c(N)n1. The molecule has 1 rings (SSSR count). The van der Waals surface area contributed by atoms with Gasteiger partial charge in [0.1, 0.15) is 11.4 Å². The lowest BCUT2D eigenvalue weighted by Gasteiger charge is -2.27. The summed E-state index contributed by atoms with van der Waals surface area (Å²) in [4.78, 5) is 8.80. The van der Waals surface area contributed by atoms with Gasteiger partial charge in [-0.3, -0.25) is 0 Å². The third kappa shape index (κ3) is 2.63. The van der Waals surface area contributed by atoms with E-state index >= 15 is 0 Å². The molecule has 0 aliphatic rings. The minimum Gasteiger partial charge on any atom is -0.383 e. The van der Waals surface area contributed by atoms with Crippen LogP contribution in [0.5, 0.6) is 0 Å². The average Bonchev–Trinajstić information content (AvgIpc) is 2.25. The van der Waals surface area contributed by atoms with E-state index < -0.39 is 5.60 Å². The number of ether oxygens (including phenoxy) is 1. The van der Waals surface area contributed by atoms with Gasteiger partial charge in [-0.1, -0.05) is 6.92 Å². The summed E-state index contributed by atoms with van der Waals surface area (Å²) in [7, 11) is 0. The predicted octanol–water partition coefficient (Wildman–Crippen LogP) is 2.63. The van der Waals surface area contributed by atoms with Gasteiger partial charge in [0.05, 0.1) is 9.26 Å². The summed E-state index contributed by atoms with van der Waals surface area (Å²) in [6.45, 7) is 8.60. The van der Waals surface area contributed by atoms with Gasteiger partial charge in [-0.05, 0) is 49.8 Å². The van der Waals surface area contributed by atoms with Crippen molar-refractivity contribution >= 4 is 28.4 Å². The molecule has 0 amide bonds. The van der Waals surface area contributed by atoms with Crippen LogP contribution in [0.4, 0.5) is 5.82 Å². The molecule has 0 bridgehead atoms. The van der Waals surface area contributed by atoms with E-state index in [1.807, 2.05) is 20.8 Å². The molecule has 0 aliphatic carbocycles. The largest absolute Gasteiger partial charge is 0.383 e. The summed E-state index contributed by atoms with van der Waals surface area (Å²) in [5, 5.41) is 0. The van der Waals surface area contributed by atoms with E-state index in [1.54, 1.807) is 0 Å². The van der Waals surface area contributed by atoms with Crippen molar-refractivity contribution in [3.63, 3.8) is 0 Å². The summed E-state index contributed by atoms with van der Waals surface area (Å²) in [6.07, 6.45) is 0.820. The molecule has 2 N–H and O–H groups in total. The Labute approximate surface area is 110 Å². The van der Waals surface area contributed by atoms with E-state index in [0.717, 1.165) is 15.7 Å². The van der Waals surface area contributed by atoms with Crippen LogP contribution in [0.15, 0.2) is 0 Å². The molecular formula is C11H18IN3O. The number of rotatable bonds is 4. The fourth-order valence-electron chi connectivity index (χ4n) is 1.46. The van der Waals surface area contributed by atoms with Crippen molar-refractivity contribution in [1.82, 2.24) is 9.97 Å². The van der Waals surface area contributed by atoms with Crippen LogP contribution in [0.3, 0.4) is 0 Å². The number of halogens is 1. The van der Waals surface area contributed by atoms with Gasteiger partial charge >= 0.3 is 0 Å². The first-order chi connectivity index (χ1) is 7.44. The molecule has 0 spiro atoms. The van der Waals surface area contributed by atoms with Crippen LogP contribution < -0.4 is 5.73 Å². The molecule has 0 fully saturated rings. The molecule has 0 aliphatic heterocycles. The Hall–Kier alpha value is -0.430. The lowest BCUT2D eigenvalue weighted by atomic mass is 10.0. The van der Waals surface area contributed by atoms with Gasteiger partial charge in [0.25, 0.3) is 0 Å². The minimum atomic E-state index is -0.446. The Kier molecular flexibility index (Phi) is 4.49. The minimum absolute atomic E-state index is 0.446. The summed E-state index contributed by atoms with van der Waals surface area (Å²) in [5.74, 6) is 1.20. The van der Waals surface area contributed by atoms with Crippen molar-refractivity contribution in [2.75, 3.05) is 12.3 Å². The number of hydrogen-bond acceptors (Lipinski definition) is 4. The zero-order valence-electron chi connectivity index (χ0n) is 10.2. The van der Waals surface area contributed by atoms with Crippen LogP contribution in [-0.4, -0.2) is 16.6 Å². The maximum absolute atomic E-state index is 5.85. The molecule has 1 atom stereocenters. The highest BCUT2D eigenvalue weighted by Gasteiger charge is 2.29. The number of nitrogens with two attached hydrogens (primary N) is 1. The number of hydrogen-bond donors (Lipinski definition) is 1. The van der Waals surface area contributed by atoms with Crippen LogP contribution in [0.25, 0.3) is 0 Å². The molecule has 0 radical (unpaired) electrons. The van der Waals surface area contributed by atoms with Crippen LogP contribution in [-0.2, 0) is 10.3 Å². The normalized spacial score (nSPS) is 14.8. The number of nitrogen functional groups attached to an aromatic ring is 1. The first-order valence-electron chi connectivity index (χ1n) is 5.38. The fraction of sp³-hybridized carbons (Fsp3) is 0.636. The second-order valence-electron chi connectivity index (χ2n) is 3.85. The van der Waals surface area contributed by atoms with E-state index in [-0.39, 0.29) is 0 Å². The van der Waals surface area contributed by atoms with Gasteiger partial charge in [0.15, 0.2) is 5.82 Å². The van der Waals surface area contributed by atoms with Crippen LogP contribution in [0, 0.1) is 10.5 Å². The topological polar surface area (TPSA) is 61.0 Å². The van der Waals surface area contributed by atoms with Gasteiger partial charge < -0.3 is 10.5 Å². The Morgan fingerprint density at radius 1 is 1.38 bits per heavy atom. The van der Waals surface area contributed by atoms with Crippen molar-refractivity contribution in [1.29, 1.82) is 0 Å². The Morgan fingerprint density at radius 3 is 2.44 bits per heavy atom. The molecule has 0 saturated carbocycles. The van der Waals surface area contributed by atoms with Crippen molar-refractivity contribution in [2.45, 2.75) is 39.7 Å². The Bertz CT molecular complexity index is 360. The monoisotopic (exact) mass is 335 g/mol. The number of anilines is 1. The highest BCUT2D eigenvalue weighted by Crippen LogP contribution is 2.28. The van der Waals surface area contributed by atoms with Gasteiger partial charge in [0, 0.05) is 6.61 Å². The quantitative estimate of drug-likeness (QED) is 0.860. The van der Waals surface area contributed by atoms with E-state index in [4.69, 9.17) is 10.5 Å². The lowest BCUT2D eigenvalue weighted by molar-refractivity contribution is -0.0390. The first kappa shape index (κ1) is 13.6. The summed E-state index contributed by atoms with van der Waals surface area (Å²) in [5.41, 5.74) is 6.31. The van der Waals surface area contributed by atoms with E-state index in [2.05, 4.69) is 39.5 Å². The van der Waals surface area contributed by atoms with Crippen LogP contribution in [0.1, 0.15) is 38.7 Å². The van der Waals surface area contributed by atoms with Crippen molar-refractivity contribution in [3.05, 3.63) is 15.1 Å². The molecule has 5 heteroatoms. The molecule has 0 aromatic carbocycles. The standard InChI is InChI=1S/C11H18IN3O/c1-5-11(4,16-6-2)10-14-7(3)8(12)9(13)15-10/h5-6H2,1-4H3,(H2,13,14,15). The highest BCUT2D eigenvalue weighted by atomic mass is 127. The van der Waals surface area contributed by atoms with Gasteiger partial charge in [-0.15, -0.1) is 0 Å². The molecule has 90 valence electrons. The van der Waals surface area contributed by atoms with Crippen LogP contribution >= 0.6 is 22.6 Å². The van der Waals surface area contributed by atoms with Gasteiger partial charge in [-0.25, -0.2) is 9.97 Å². The molecule has 1 unspecified atom stereocenters. The summed E-state index contributed by atoms with van der Waals surface area (Å²) in [6, 6.07) is 0. The third-order valence-electron chi connectivity index (χ3n) is 2.65. The molecule has 1 aromatic rings. The first-order valence-corrected chi connectivity index (χ1v) is 6.46. The van der Waals surface area contributed by atoms with E-state index in [9.17, 15) is 0 Å². The molecule has 1 aromatic heterocycles. The number of aryl methyl sites for hydroxylation is 1. The maximum atomic E-state index is 5.85. The average molecular weight is 335 g/mol. The summed E-state index contributed by atoms with van der Waals surface area (Å²) >= 11 is 2.16. The zero-order chi connectivity index (χ0) is 12.3. The second-order valence-corrected chi connectivity index (χ2v) is 4.93. The Morgan fingerprint density at radius 2 is 2.00 bits per heavy atom. The molecule has 4 nitrogen and oxygen atoms in total. The molecule has 0 saturated heterocycles. The molecule has 16 heavy (non-hydrogen) atoms. The zero-order valence-corrected chi connectivity index (χ0v) is 12.3. The van der Waals surface area contributed by atoms with Crippen molar-refractivity contribution in [2.24, 2.45) is 0 Å². The lowest BCUT2D eigenvalue weighted by Crippen LogP contribution is -2.28. The third-order valence-corrected chi connectivity index (χ3v) is 3.99. The van der Waals surface area contributed by atoms with Gasteiger partial charge in [0.2, 0.25) is 0 Å². The fourth-order valence-corrected chi connectivity index (χ4v) is 1.70. The number of aromatic nitrogens is 2. The maximum Gasteiger partial charge on any atom is 0.162 e. The van der Waals surface area contributed by atoms with E-state index in [0.29, 0.717) is 18.2 Å². The second kappa shape index (κ2) is 5.27.